The summed E-state index contributed by atoms with van der Waals surface area (Å²) in [7, 11) is 1.67. The molecule has 0 bridgehead atoms. The van der Waals surface area contributed by atoms with Crippen LogP contribution in [-0.4, -0.2) is 46.7 Å². The van der Waals surface area contributed by atoms with Crippen LogP contribution in [0, 0.1) is 5.92 Å². The Morgan fingerprint density at radius 2 is 1.88 bits per heavy atom. The van der Waals surface area contributed by atoms with Crippen molar-refractivity contribution in [1.82, 2.24) is 9.80 Å². The topological polar surface area (TPSA) is 57.7 Å². The van der Waals surface area contributed by atoms with Gasteiger partial charge >= 0.3 is 6.03 Å². The predicted molar refractivity (Wildman–Crippen MR) is 98.0 cm³/mol. The summed E-state index contributed by atoms with van der Waals surface area (Å²) in [6.07, 6.45) is 12.2. The monoisotopic (exact) mass is 344 g/mol. The van der Waals surface area contributed by atoms with E-state index in [1.165, 1.54) is 11.3 Å². The van der Waals surface area contributed by atoms with Crippen LogP contribution in [0.25, 0.3) is 0 Å². The molecule has 3 amide bonds. The van der Waals surface area contributed by atoms with Gasteiger partial charge in [0.15, 0.2) is 5.78 Å². The summed E-state index contributed by atoms with van der Waals surface area (Å²) in [6, 6.07) is -0.392. The van der Waals surface area contributed by atoms with Gasteiger partial charge in [0.2, 0.25) is 0 Å². The lowest BCUT2D eigenvalue weighted by Crippen LogP contribution is -2.52. The van der Waals surface area contributed by atoms with Crippen molar-refractivity contribution in [3.05, 3.63) is 36.5 Å². The van der Waals surface area contributed by atoms with Crippen LogP contribution in [0.15, 0.2) is 36.5 Å². The van der Waals surface area contributed by atoms with Gasteiger partial charge in [-0.1, -0.05) is 50.1 Å². The third-order valence-electron chi connectivity index (χ3n) is 5.55. The van der Waals surface area contributed by atoms with Gasteiger partial charge in [0.25, 0.3) is 5.91 Å². The predicted octanol–water partition coefficient (Wildman–Crippen LogP) is 3.48. The lowest BCUT2D eigenvalue weighted by atomic mass is 9.75. The van der Waals surface area contributed by atoms with Gasteiger partial charge in [0.05, 0.1) is 6.54 Å². The average molecular weight is 344 g/mol. The molecule has 0 N–H and O–H groups in total. The smallest absolute Gasteiger partial charge is 0.313 e. The fraction of sp³-hybridized carbons (Fsp3) is 0.550. The molecular formula is C20H28N2O3. The fourth-order valence-electron chi connectivity index (χ4n) is 3.76. The first-order valence-electron chi connectivity index (χ1n) is 8.95. The number of carbonyl (C=O) groups is 3. The number of allylic oxidation sites excluding steroid dienone is 4. The molecule has 2 fully saturated rings. The molecule has 2 aliphatic rings. The van der Waals surface area contributed by atoms with E-state index in [-0.39, 0.29) is 29.7 Å². The van der Waals surface area contributed by atoms with Gasteiger partial charge in [0.1, 0.15) is 5.54 Å². The summed E-state index contributed by atoms with van der Waals surface area (Å²) >= 11 is 0. The number of rotatable bonds is 6. The van der Waals surface area contributed by atoms with Crippen LogP contribution in [-0.2, 0) is 9.59 Å². The summed E-state index contributed by atoms with van der Waals surface area (Å²) in [6.45, 7) is 7.20. The van der Waals surface area contributed by atoms with Gasteiger partial charge in [-0.05, 0) is 32.6 Å². The summed E-state index contributed by atoms with van der Waals surface area (Å²) in [4.78, 5) is 40.6. The molecule has 1 saturated carbocycles. The van der Waals surface area contributed by atoms with E-state index < -0.39 is 11.6 Å². The van der Waals surface area contributed by atoms with E-state index in [4.69, 9.17) is 0 Å². The van der Waals surface area contributed by atoms with Crippen LogP contribution >= 0.6 is 0 Å². The molecule has 0 aromatic rings. The third-order valence-corrected chi connectivity index (χ3v) is 5.55. The van der Waals surface area contributed by atoms with E-state index in [9.17, 15) is 14.4 Å². The number of ketones is 1. The van der Waals surface area contributed by atoms with Crippen LogP contribution < -0.4 is 0 Å². The maximum Gasteiger partial charge on any atom is 0.327 e. The van der Waals surface area contributed by atoms with E-state index in [0.29, 0.717) is 0 Å². The Bertz CT molecular complexity index is 629. The second-order valence-electron chi connectivity index (χ2n) is 7.05. The molecule has 5 heteroatoms. The Hall–Kier alpha value is -2.17. The second-order valence-corrected chi connectivity index (χ2v) is 7.05. The van der Waals surface area contributed by atoms with Crippen LogP contribution in [0.4, 0.5) is 4.79 Å². The quantitative estimate of drug-likeness (QED) is 0.421. The summed E-state index contributed by atoms with van der Waals surface area (Å²) < 4.78 is 0. The molecule has 1 saturated heterocycles. The number of carbonyl (C=O) groups excluding carboxylic acids is 3. The van der Waals surface area contributed by atoms with Gasteiger partial charge in [-0.15, -0.1) is 0 Å². The molecular weight excluding hydrogens is 316 g/mol. The highest BCUT2D eigenvalue weighted by Gasteiger charge is 2.56. The number of hydrogen-bond acceptors (Lipinski definition) is 3. The minimum Gasteiger partial charge on any atom is -0.313 e. The molecule has 1 atom stereocenters. The largest absolute Gasteiger partial charge is 0.327 e. The number of amides is 3. The van der Waals surface area contributed by atoms with E-state index in [2.05, 4.69) is 6.58 Å². The van der Waals surface area contributed by atoms with Crippen molar-refractivity contribution in [2.24, 2.45) is 5.92 Å². The Morgan fingerprint density at radius 3 is 2.48 bits per heavy atom. The average Bonchev–Trinajstić information content (AvgIpc) is 2.78. The summed E-state index contributed by atoms with van der Waals surface area (Å²) in [5, 5.41) is 0. The minimum absolute atomic E-state index is 0.153. The summed E-state index contributed by atoms with van der Waals surface area (Å²) in [5.74, 6) is -0.421. The zero-order valence-corrected chi connectivity index (χ0v) is 15.5. The Kier molecular flexibility index (Phi) is 5.98. The van der Waals surface area contributed by atoms with Crippen molar-refractivity contribution in [3.8, 4) is 0 Å². The SMILES string of the molecule is C=C(/C=C\C=C\C)C(=O)CN1C(=O)N(C)C(C)(C2CCCCC2)C1=O. The van der Waals surface area contributed by atoms with Crippen LogP contribution in [0.2, 0.25) is 0 Å². The fourth-order valence-corrected chi connectivity index (χ4v) is 3.76. The van der Waals surface area contributed by atoms with Gasteiger partial charge in [0, 0.05) is 12.6 Å². The zero-order valence-electron chi connectivity index (χ0n) is 15.5. The van der Waals surface area contributed by atoms with Crippen molar-refractivity contribution < 1.29 is 14.4 Å². The first-order chi connectivity index (χ1) is 11.8. The standard InChI is InChI=1S/C20H28N2O3/c1-5-6-8-11-15(2)17(23)14-22-18(24)20(3,21(4)19(22)25)16-12-9-7-10-13-16/h5-6,8,11,16H,2,7,9-10,12-14H2,1,3-4H3/b6-5+,11-8-. The molecule has 0 aromatic carbocycles. The van der Waals surface area contributed by atoms with Crippen molar-refractivity contribution >= 4 is 17.7 Å². The number of hydrogen-bond donors (Lipinski definition) is 0. The zero-order chi connectivity index (χ0) is 18.6. The van der Waals surface area contributed by atoms with Crippen molar-refractivity contribution in [2.75, 3.05) is 13.6 Å². The number of Topliss-reactive ketones (excluding diaryl/α,β-unsaturated/α-hetero) is 1. The summed E-state index contributed by atoms with van der Waals surface area (Å²) in [5.41, 5.74) is -0.562. The number of likely N-dealkylation sites (N-methyl/N-ethyl adjacent to an activating group) is 1. The maximum atomic E-state index is 13.0. The van der Waals surface area contributed by atoms with Crippen molar-refractivity contribution in [1.29, 1.82) is 0 Å². The number of urea groups is 1. The molecule has 25 heavy (non-hydrogen) atoms. The highest BCUT2D eigenvalue weighted by Crippen LogP contribution is 2.40. The molecule has 0 radical (unpaired) electrons. The van der Waals surface area contributed by atoms with Gasteiger partial charge < -0.3 is 4.90 Å². The normalized spacial score (nSPS) is 25.6. The first-order valence-corrected chi connectivity index (χ1v) is 8.95. The molecule has 5 nitrogen and oxygen atoms in total. The van der Waals surface area contributed by atoms with E-state index >= 15 is 0 Å². The molecule has 0 aromatic heterocycles. The molecule has 1 unspecified atom stereocenters. The highest BCUT2D eigenvalue weighted by atomic mass is 16.2. The van der Waals surface area contributed by atoms with Gasteiger partial charge in [-0.25, -0.2) is 4.79 Å². The molecule has 1 aliphatic carbocycles. The van der Waals surface area contributed by atoms with Crippen molar-refractivity contribution in [2.45, 2.75) is 51.5 Å². The minimum atomic E-state index is -0.847. The first kappa shape index (κ1) is 19.2. The van der Waals surface area contributed by atoms with E-state index in [1.807, 2.05) is 19.9 Å². The molecule has 2 rings (SSSR count). The highest BCUT2D eigenvalue weighted by molar-refractivity contribution is 6.11. The Balaban J connectivity index is 2.14. The number of imide groups is 1. The lowest BCUT2D eigenvalue weighted by molar-refractivity contribution is -0.137. The molecule has 1 heterocycles. The van der Waals surface area contributed by atoms with Crippen LogP contribution in [0.5, 0.6) is 0 Å². The molecule has 0 spiro atoms. The van der Waals surface area contributed by atoms with Gasteiger partial charge in [-0.3, -0.25) is 14.5 Å². The second kappa shape index (κ2) is 7.81. The van der Waals surface area contributed by atoms with Gasteiger partial charge in [-0.2, -0.15) is 0 Å². The maximum absolute atomic E-state index is 13.0. The van der Waals surface area contributed by atoms with Crippen molar-refractivity contribution in [3.63, 3.8) is 0 Å². The van der Waals surface area contributed by atoms with E-state index in [0.717, 1.165) is 30.6 Å². The molecule has 1 aliphatic heterocycles. The van der Waals surface area contributed by atoms with Crippen LogP contribution in [0.3, 0.4) is 0 Å². The van der Waals surface area contributed by atoms with E-state index in [1.54, 1.807) is 25.3 Å². The Labute approximate surface area is 150 Å². The third kappa shape index (κ3) is 3.60. The Morgan fingerprint density at radius 1 is 1.24 bits per heavy atom. The molecule has 136 valence electrons. The lowest BCUT2D eigenvalue weighted by Gasteiger charge is -2.38. The van der Waals surface area contributed by atoms with Crippen LogP contribution in [0.1, 0.15) is 46.0 Å². The number of nitrogens with zero attached hydrogens (tertiary/aromatic N) is 2.